The molecule has 20 heavy (non-hydrogen) atoms. The van der Waals surface area contributed by atoms with E-state index in [2.05, 4.69) is 0 Å². The van der Waals surface area contributed by atoms with E-state index in [0.29, 0.717) is 18.7 Å². The molecule has 1 unspecified atom stereocenters. The molecule has 0 N–H and O–H groups in total. The van der Waals surface area contributed by atoms with Crippen molar-refractivity contribution in [3.63, 3.8) is 0 Å². The standard InChI is InChI=1S/C15H19ClFNO2/c1-15(2,3)20-14(19)18-8-7-10(9-18)11-5-4-6-12(16)13(11)17/h4-6,10H,7-9H2,1-3H3. The zero-order valence-electron chi connectivity index (χ0n) is 12.0. The first-order valence-electron chi connectivity index (χ1n) is 6.70. The molecule has 1 atom stereocenters. The lowest BCUT2D eigenvalue weighted by Gasteiger charge is -2.24. The van der Waals surface area contributed by atoms with Gasteiger partial charge in [0.15, 0.2) is 0 Å². The molecule has 1 amide bonds. The van der Waals surface area contributed by atoms with Gasteiger partial charge in [-0.3, -0.25) is 0 Å². The Labute approximate surface area is 123 Å². The highest BCUT2D eigenvalue weighted by atomic mass is 35.5. The predicted octanol–water partition coefficient (Wildman–Crippen LogP) is 4.20. The average Bonchev–Trinajstić information content (AvgIpc) is 2.80. The predicted molar refractivity (Wildman–Crippen MR) is 76.6 cm³/mol. The average molecular weight is 300 g/mol. The van der Waals surface area contributed by atoms with Crippen molar-refractivity contribution in [1.82, 2.24) is 4.90 Å². The van der Waals surface area contributed by atoms with Crippen LogP contribution >= 0.6 is 11.6 Å². The molecule has 1 heterocycles. The molecule has 1 aromatic rings. The van der Waals surface area contributed by atoms with Crippen molar-refractivity contribution in [3.8, 4) is 0 Å². The van der Waals surface area contributed by atoms with Gasteiger partial charge >= 0.3 is 6.09 Å². The molecule has 1 aromatic carbocycles. The number of hydrogen-bond acceptors (Lipinski definition) is 2. The Morgan fingerprint density at radius 1 is 1.45 bits per heavy atom. The molecule has 110 valence electrons. The lowest BCUT2D eigenvalue weighted by molar-refractivity contribution is 0.0292. The van der Waals surface area contributed by atoms with E-state index >= 15 is 0 Å². The van der Waals surface area contributed by atoms with Crippen molar-refractivity contribution < 1.29 is 13.9 Å². The SMILES string of the molecule is CC(C)(C)OC(=O)N1CCC(c2cccc(Cl)c2F)C1. The molecule has 0 aromatic heterocycles. The number of carbonyl (C=O) groups excluding carboxylic acids is 1. The van der Waals surface area contributed by atoms with Crippen LogP contribution in [0.3, 0.4) is 0 Å². The van der Waals surface area contributed by atoms with E-state index in [9.17, 15) is 9.18 Å². The molecule has 0 bridgehead atoms. The number of halogens is 2. The van der Waals surface area contributed by atoms with Gasteiger partial charge in [0.25, 0.3) is 0 Å². The maximum Gasteiger partial charge on any atom is 0.410 e. The third kappa shape index (κ3) is 3.42. The molecule has 0 spiro atoms. The molecule has 1 aliphatic rings. The van der Waals surface area contributed by atoms with Crippen LogP contribution in [-0.2, 0) is 4.74 Å². The number of hydrogen-bond donors (Lipinski definition) is 0. The van der Waals surface area contributed by atoms with Crippen molar-refractivity contribution in [2.24, 2.45) is 0 Å². The summed E-state index contributed by atoms with van der Waals surface area (Å²) in [5.74, 6) is -0.411. The van der Waals surface area contributed by atoms with Crippen LogP contribution in [0, 0.1) is 5.82 Å². The molecule has 0 aliphatic carbocycles. The Hall–Kier alpha value is -1.29. The highest BCUT2D eigenvalue weighted by Gasteiger charge is 2.31. The second-order valence-electron chi connectivity index (χ2n) is 6.06. The third-order valence-corrected chi connectivity index (χ3v) is 3.55. The van der Waals surface area contributed by atoms with Gasteiger partial charge in [-0.2, -0.15) is 0 Å². The van der Waals surface area contributed by atoms with Crippen molar-refractivity contribution in [3.05, 3.63) is 34.6 Å². The minimum Gasteiger partial charge on any atom is -0.444 e. The lowest BCUT2D eigenvalue weighted by atomic mass is 9.98. The van der Waals surface area contributed by atoms with Crippen LogP contribution in [-0.4, -0.2) is 29.7 Å². The molecular formula is C15H19ClFNO2. The molecule has 1 fully saturated rings. The maximum atomic E-state index is 14.0. The molecule has 1 aliphatic heterocycles. The first-order chi connectivity index (χ1) is 9.28. The highest BCUT2D eigenvalue weighted by molar-refractivity contribution is 6.30. The van der Waals surface area contributed by atoms with Gasteiger partial charge in [0.05, 0.1) is 5.02 Å². The van der Waals surface area contributed by atoms with E-state index in [1.165, 1.54) is 6.07 Å². The number of likely N-dealkylation sites (tertiary alicyclic amines) is 1. The quantitative estimate of drug-likeness (QED) is 0.777. The lowest BCUT2D eigenvalue weighted by Crippen LogP contribution is -2.35. The smallest absolute Gasteiger partial charge is 0.410 e. The van der Waals surface area contributed by atoms with Gasteiger partial charge in [0, 0.05) is 19.0 Å². The van der Waals surface area contributed by atoms with Crippen LogP contribution in [0.2, 0.25) is 5.02 Å². The van der Waals surface area contributed by atoms with Gasteiger partial charge in [-0.05, 0) is 38.8 Å². The number of carbonyl (C=O) groups is 1. The summed E-state index contributed by atoms with van der Waals surface area (Å²) in [5, 5.41) is 0.123. The minimum atomic E-state index is -0.517. The maximum absolute atomic E-state index is 14.0. The first kappa shape index (κ1) is 15.1. The monoisotopic (exact) mass is 299 g/mol. The van der Waals surface area contributed by atoms with E-state index in [0.717, 1.165) is 6.42 Å². The summed E-state index contributed by atoms with van der Waals surface area (Å²) in [6, 6.07) is 4.99. The molecule has 0 saturated carbocycles. The first-order valence-corrected chi connectivity index (χ1v) is 7.07. The van der Waals surface area contributed by atoms with Gasteiger partial charge in [0.2, 0.25) is 0 Å². The molecule has 2 rings (SSSR count). The van der Waals surface area contributed by atoms with Crippen molar-refractivity contribution in [2.45, 2.75) is 38.7 Å². The van der Waals surface area contributed by atoms with Crippen LogP contribution in [0.1, 0.15) is 38.7 Å². The van der Waals surface area contributed by atoms with Crippen molar-refractivity contribution >= 4 is 17.7 Å². The second-order valence-corrected chi connectivity index (χ2v) is 6.46. The normalized spacial score (nSPS) is 19.2. The zero-order valence-corrected chi connectivity index (χ0v) is 12.7. The molecule has 5 heteroatoms. The fraction of sp³-hybridized carbons (Fsp3) is 0.533. The van der Waals surface area contributed by atoms with Gasteiger partial charge in [-0.15, -0.1) is 0 Å². The summed E-state index contributed by atoms with van der Waals surface area (Å²) in [5.41, 5.74) is 0.0554. The van der Waals surface area contributed by atoms with Crippen LogP contribution in [0.4, 0.5) is 9.18 Å². The largest absolute Gasteiger partial charge is 0.444 e. The molecule has 3 nitrogen and oxygen atoms in total. The van der Waals surface area contributed by atoms with E-state index in [4.69, 9.17) is 16.3 Å². The van der Waals surface area contributed by atoms with Gasteiger partial charge < -0.3 is 9.64 Å². The number of ether oxygens (including phenoxy) is 1. The van der Waals surface area contributed by atoms with Gasteiger partial charge in [-0.1, -0.05) is 23.7 Å². The van der Waals surface area contributed by atoms with Crippen molar-refractivity contribution in [1.29, 1.82) is 0 Å². The fourth-order valence-electron chi connectivity index (χ4n) is 2.34. The Kier molecular flexibility index (Phi) is 4.23. The third-order valence-electron chi connectivity index (χ3n) is 3.26. The Balaban J connectivity index is 2.06. The summed E-state index contributed by atoms with van der Waals surface area (Å²) in [6.07, 6.45) is 0.374. The van der Waals surface area contributed by atoms with Crippen LogP contribution in [0.5, 0.6) is 0 Å². The molecular weight excluding hydrogens is 281 g/mol. The second kappa shape index (κ2) is 5.60. The van der Waals surface area contributed by atoms with E-state index in [1.807, 2.05) is 20.8 Å². The Morgan fingerprint density at radius 3 is 2.80 bits per heavy atom. The van der Waals surface area contributed by atoms with Crippen LogP contribution in [0.25, 0.3) is 0 Å². The minimum absolute atomic E-state index is 0.0266. The van der Waals surface area contributed by atoms with Gasteiger partial charge in [-0.25, -0.2) is 9.18 Å². The Bertz CT molecular complexity index is 513. The number of nitrogens with zero attached hydrogens (tertiary/aromatic N) is 1. The van der Waals surface area contributed by atoms with E-state index in [-0.39, 0.29) is 22.9 Å². The topological polar surface area (TPSA) is 29.5 Å². The fourth-order valence-corrected chi connectivity index (χ4v) is 2.52. The summed E-state index contributed by atoms with van der Waals surface area (Å²) >= 11 is 5.80. The van der Waals surface area contributed by atoms with E-state index in [1.54, 1.807) is 17.0 Å². The summed E-state index contributed by atoms with van der Waals surface area (Å²) in [4.78, 5) is 13.6. The van der Waals surface area contributed by atoms with Crippen LogP contribution < -0.4 is 0 Å². The summed E-state index contributed by atoms with van der Waals surface area (Å²) in [6.45, 7) is 6.52. The zero-order chi connectivity index (χ0) is 14.9. The molecule has 1 saturated heterocycles. The highest BCUT2D eigenvalue weighted by Crippen LogP contribution is 2.32. The van der Waals surface area contributed by atoms with Crippen LogP contribution in [0.15, 0.2) is 18.2 Å². The summed E-state index contributed by atoms with van der Waals surface area (Å²) < 4.78 is 19.3. The summed E-state index contributed by atoms with van der Waals surface area (Å²) in [7, 11) is 0. The molecule has 0 radical (unpaired) electrons. The number of amides is 1. The van der Waals surface area contributed by atoms with Gasteiger partial charge in [0.1, 0.15) is 11.4 Å². The van der Waals surface area contributed by atoms with E-state index < -0.39 is 5.60 Å². The van der Waals surface area contributed by atoms with Crippen molar-refractivity contribution in [2.75, 3.05) is 13.1 Å². The Morgan fingerprint density at radius 2 is 2.15 bits per heavy atom. The number of benzene rings is 1. The number of rotatable bonds is 1.